The van der Waals surface area contributed by atoms with Crippen molar-refractivity contribution in [3.05, 3.63) is 60.4 Å². The minimum Gasteiger partial charge on any atom is -0.444 e. The number of allylic oxidation sites excluding steroid dienone is 3. The van der Waals surface area contributed by atoms with Gasteiger partial charge in [0.05, 0.1) is 12.2 Å². The molecule has 0 aliphatic carbocycles. The maximum absolute atomic E-state index is 11.3. The third-order valence-electron chi connectivity index (χ3n) is 6.97. The Morgan fingerprint density at radius 2 is 1.86 bits per heavy atom. The zero-order valence-electron chi connectivity index (χ0n) is 22.7. The Hall–Kier alpha value is -2.06. The molecule has 4 atom stereocenters. The lowest BCUT2D eigenvalue weighted by Gasteiger charge is -2.44. The van der Waals surface area contributed by atoms with E-state index in [0.717, 1.165) is 0 Å². The molecule has 6 nitrogen and oxygen atoms in total. The average Bonchev–Trinajstić information content (AvgIpc) is 3.31. The summed E-state index contributed by atoms with van der Waals surface area (Å²) in [5.41, 5.74) is -0.124. The van der Waals surface area contributed by atoms with Crippen LogP contribution in [-0.2, 0) is 9.16 Å². The van der Waals surface area contributed by atoms with Crippen molar-refractivity contribution in [3.63, 3.8) is 0 Å². The van der Waals surface area contributed by atoms with Gasteiger partial charge in [0.2, 0.25) is 5.89 Å². The molecule has 0 aromatic carbocycles. The number of nitrogens with zero attached hydrogens (tertiary/aromatic N) is 1. The first-order valence-electron chi connectivity index (χ1n) is 12.3. The molecule has 2 rings (SSSR count). The van der Waals surface area contributed by atoms with Crippen LogP contribution < -0.4 is 0 Å². The van der Waals surface area contributed by atoms with Gasteiger partial charge >= 0.3 is 0 Å². The van der Waals surface area contributed by atoms with E-state index in [1.54, 1.807) is 12.2 Å². The number of epoxide rings is 1. The SMILES string of the molecule is C/C=C/[C@H](O[Si](C)(C)C(C)(C)C)C(C)(C)[C@@H](O)C/C=C\[C@H]1O[C@H]1/C=C/C=C\c1nc(C(C)=O)co1. The van der Waals surface area contributed by atoms with Gasteiger partial charge in [-0.25, -0.2) is 4.98 Å². The van der Waals surface area contributed by atoms with E-state index in [2.05, 4.69) is 58.8 Å². The van der Waals surface area contributed by atoms with Crippen LogP contribution in [0, 0.1) is 5.41 Å². The van der Waals surface area contributed by atoms with Crippen LogP contribution in [-0.4, -0.2) is 48.6 Å². The van der Waals surface area contributed by atoms with E-state index in [-0.39, 0.29) is 29.1 Å². The van der Waals surface area contributed by atoms with E-state index in [1.807, 2.05) is 37.3 Å². The van der Waals surface area contributed by atoms with Crippen molar-refractivity contribution in [2.45, 2.75) is 97.4 Å². The van der Waals surface area contributed by atoms with Gasteiger partial charge < -0.3 is 18.7 Å². The Morgan fingerprint density at radius 3 is 2.43 bits per heavy atom. The topological polar surface area (TPSA) is 85.1 Å². The van der Waals surface area contributed by atoms with Crippen molar-refractivity contribution in [1.82, 2.24) is 4.98 Å². The zero-order valence-corrected chi connectivity index (χ0v) is 23.7. The van der Waals surface area contributed by atoms with Crippen LogP contribution in [0.2, 0.25) is 18.1 Å². The second-order valence-corrected chi connectivity index (χ2v) is 16.0. The Bertz CT molecular complexity index is 964. The van der Waals surface area contributed by atoms with E-state index >= 15 is 0 Å². The molecule has 1 aliphatic rings. The minimum atomic E-state index is -1.99. The molecule has 1 aromatic rings. The lowest BCUT2D eigenvalue weighted by atomic mass is 9.79. The molecular formula is C28H43NO5Si. The van der Waals surface area contributed by atoms with Gasteiger partial charge in [-0.05, 0) is 31.5 Å². The molecule has 1 aromatic heterocycles. The predicted octanol–water partition coefficient (Wildman–Crippen LogP) is 6.51. The van der Waals surface area contributed by atoms with Crippen molar-refractivity contribution in [1.29, 1.82) is 0 Å². The van der Waals surface area contributed by atoms with Crippen LogP contribution in [0.4, 0.5) is 0 Å². The summed E-state index contributed by atoms with van der Waals surface area (Å²) in [7, 11) is -1.99. The number of ether oxygens (including phenoxy) is 1. The van der Waals surface area contributed by atoms with Crippen LogP contribution in [0.1, 0.15) is 71.3 Å². The number of aliphatic hydroxyl groups excluding tert-OH is 1. The molecule has 0 saturated carbocycles. The van der Waals surface area contributed by atoms with Crippen LogP contribution in [0.15, 0.2) is 53.2 Å². The molecule has 35 heavy (non-hydrogen) atoms. The molecule has 0 spiro atoms. The molecule has 1 saturated heterocycles. The summed E-state index contributed by atoms with van der Waals surface area (Å²) in [5, 5.41) is 11.1. The summed E-state index contributed by atoms with van der Waals surface area (Å²) < 4.78 is 17.6. The lowest BCUT2D eigenvalue weighted by molar-refractivity contribution is -0.0181. The number of ketones is 1. The van der Waals surface area contributed by atoms with Crippen LogP contribution in [0.25, 0.3) is 6.08 Å². The van der Waals surface area contributed by atoms with Gasteiger partial charge in [-0.15, -0.1) is 0 Å². The van der Waals surface area contributed by atoms with Gasteiger partial charge in [-0.2, -0.15) is 0 Å². The molecule has 0 unspecified atom stereocenters. The van der Waals surface area contributed by atoms with E-state index < -0.39 is 19.8 Å². The van der Waals surface area contributed by atoms with Gasteiger partial charge in [0.25, 0.3) is 0 Å². The summed E-state index contributed by atoms with van der Waals surface area (Å²) in [6.45, 7) is 18.8. The maximum atomic E-state index is 11.3. The number of hydrogen-bond donors (Lipinski definition) is 1. The van der Waals surface area contributed by atoms with Crippen molar-refractivity contribution in [2.24, 2.45) is 5.41 Å². The average molecular weight is 502 g/mol. The summed E-state index contributed by atoms with van der Waals surface area (Å²) in [6.07, 6.45) is 16.6. The van der Waals surface area contributed by atoms with Crippen molar-refractivity contribution in [2.75, 3.05) is 0 Å². The second kappa shape index (κ2) is 11.8. The van der Waals surface area contributed by atoms with Gasteiger partial charge in [0, 0.05) is 18.4 Å². The highest BCUT2D eigenvalue weighted by Crippen LogP contribution is 2.41. The Balaban J connectivity index is 1.87. The van der Waals surface area contributed by atoms with Crippen LogP contribution in [0.5, 0.6) is 0 Å². The second-order valence-electron chi connectivity index (χ2n) is 11.3. The molecule has 7 heteroatoms. The highest BCUT2D eigenvalue weighted by Gasteiger charge is 2.44. The number of aromatic nitrogens is 1. The number of Topliss-reactive ketones (excluding diaryl/α,β-unsaturated/α-hetero) is 1. The fourth-order valence-electron chi connectivity index (χ4n) is 3.23. The third-order valence-corrected chi connectivity index (χ3v) is 11.4. The monoisotopic (exact) mass is 501 g/mol. The minimum absolute atomic E-state index is 0.0100. The van der Waals surface area contributed by atoms with E-state index in [4.69, 9.17) is 13.6 Å². The molecule has 0 radical (unpaired) electrons. The molecule has 0 bridgehead atoms. The van der Waals surface area contributed by atoms with Crippen LogP contribution in [0.3, 0.4) is 0 Å². The maximum Gasteiger partial charge on any atom is 0.219 e. The molecule has 1 N–H and O–H groups in total. The van der Waals surface area contributed by atoms with Crippen molar-refractivity contribution in [3.8, 4) is 0 Å². The summed E-state index contributed by atoms with van der Waals surface area (Å²) >= 11 is 0. The lowest BCUT2D eigenvalue weighted by Crippen LogP contribution is -2.50. The molecule has 1 fully saturated rings. The van der Waals surface area contributed by atoms with E-state index in [0.29, 0.717) is 18.0 Å². The normalized spacial score (nSPS) is 21.5. The number of carbonyl (C=O) groups is 1. The highest BCUT2D eigenvalue weighted by molar-refractivity contribution is 6.74. The molecule has 0 amide bonds. The quantitative estimate of drug-likeness (QED) is 0.115. The molecule has 1 aliphatic heterocycles. The number of rotatable bonds is 12. The first-order chi connectivity index (χ1) is 16.2. The zero-order chi connectivity index (χ0) is 26.4. The molecule has 2 heterocycles. The molecular weight excluding hydrogens is 458 g/mol. The molecule has 194 valence electrons. The van der Waals surface area contributed by atoms with E-state index in [9.17, 15) is 9.90 Å². The van der Waals surface area contributed by atoms with Crippen molar-refractivity contribution < 1.29 is 23.5 Å². The largest absolute Gasteiger partial charge is 0.444 e. The van der Waals surface area contributed by atoms with Gasteiger partial charge in [-0.3, -0.25) is 4.79 Å². The predicted molar refractivity (Wildman–Crippen MR) is 144 cm³/mol. The van der Waals surface area contributed by atoms with Crippen molar-refractivity contribution >= 4 is 20.2 Å². The van der Waals surface area contributed by atoms with Gasteiger partial charge in [0.1, 0.15) is 24.2 Å². The summed E-state index contributed by atoms with van der Waals surface area (Å²) in [6, 6.07) is 0. The number of hydrogen-bond acceptors (Lipinski definition) is 6. The Morgan fingerprint density at radius 1 is 1.20 bits per heavy atom. The number of oxazole rings is 1. The van der Waals surface area contributed by atoms with E-state index in [1.165, 1.54) is 13.2 Å². The standard InChI is InChI=1S/C28H43NO5Si/c1-10-14-25(34-35(8,9)27(3,4)5)28(6,7)24(31)17-13-16-23-22(33-23)15-11-12-18-26-29-21(19-32-26)20(2)30/h10-16,18-19,22-25,31H,17H2,1-9H3/b14-10+,15-11+,16-13-,18-12-/t22-,23+,24-,25-/m0/s1. The van der Waals surface area contributed by atoms with Gasteiger partial charge in [0.15, 0.2) is 14.1 Å². The fraction of sp³-hybridized carbons (Fsp3) is 0.571. The highest BCUT2D eigenvalue weighted by atomic mass is 28.4. The first kappa shape index (κ1) is 29.2. The third kappa shape index (κ3) is 8.24. The number of carbonyl (C=O) groups excluding carboxylic acids is 1. The Labute approximate surface area is 211 Å². The Kier molecular flexibility index (Phi) is 9.82. The summed E-state index contributed by atoms with van der Waals surface area (Å²) in [4.78, 5) is 15.3. The van der Waals surface area contributed by atoms with Crippen LogP contribution >= 0.6 is 0 Å². The summed E-state index contributed by atoms with van der Waals surface area (Å²) in [5.74, 6) is 0.261. The smallest absolute Gasteiger partial charge is 0.219 e. The number of aliphatic hydroxyl groups is 1. The van der Waals surface area contributed by atoms with Gasteiger partial charge in [-0.1, -0.05) is 77.2 Å². The fourth-order valence-corrected chi connectivity index (χ4v) is 4.60. The first-order valence-corrected chi connectivity index (χ1v) is 15.2.